The molecular formula is C13H14N2O2. The van der Waals surface area contributed by atoms with E-state index in [9.17, 15) is 9.59 Å². The quantitative estimate of drug-likeness (QED) is 0.847. The number of unbranched alkanes of at least 4 members (excludes halogenated alkanes) is 1. The van der Waals surface area contributed by atoms with Gasteiger partial charge in [-0.1, -0.05) is 31.6 Å². The minimum Gasteiger partial charge on any atom is -0.307 e. The van der Waals surface area contributed by atoms with Gasteiger partial charge < -0.3 is 4.98 Å². The lowest BCUT2D eigenvalue weighted by atomic mass is 10.1. The zero-order chi connectivity index (χ0) is 12.3. The summed E-state index contributed by atoms with van der Waals surface area (Å²) >= 11 is 0. The number of benzene rings is 1. The van der Waals surface area contributed by atoms with Crippen LogP contribution in [0.15, 0.2) is 33.9 Å². The highest BCUT2D eigenvalue weighted by atomic mass is 16.2. The van der Waals surface area contributed by atoms with Crippen molar-refractivity contribution in [3.63, 3.8) is 0 Å². The number of rotatable bonds is 3. The Labute approximate surface area is 98.0 Å². The maximum absolute atomic E-state index is 11.5. The molecule has 0 unspecified atom stereocenters. The van der Waals surface area contributed by atoms with Crippen LogP contribution < -0.4 is 11.2 Å². The van der Waals surface area contributed by atoms with Crippen LogP contribution in [0.3, 0.4) is 0 Å². The standard InChI is InChI=1S/C13H14N2O2/c1-2-3-4-5-9-6-7-10-11(8-9)14-13(17)15-12(10)16/h4-8H,2-3H2,1H3,(H2,14,15,16,17). The number of hydrogen-bond donors (Lipinski definition) is 2. The number of hydrogen-bond acceptors (Lipinski definition) is 2. The minimum absolute atomic E-state index is 0.354. The fourth-order valence-corrected chi connectivity index (χ4v) is 1.68. The van der Waals surface area contributed by atoms with Crippen LogP contribution in [-0.4, -0.2) is 9.97 Å². The molecule has 0 amide bonds. The maximum atomic E-state index is 11.5. The fraction of sp³-hybridized carbons (Fsp3) is 0.231. The van der Waals surface area contributed by atoms with E-state index in [-0.39, 0.29) is 5.56 Å². The van der Waals surface area contributed by atoms with E-state index in [0.29, 0.717) is 10.9 Å². The minimum atomic E-state index is -0.475. The lowest BCUT2D eigenvalue weighted by Gasteiger charge is -1.98. The summed E-state index contributed by atoms with van der Waals surface area (Å²) < 4.78 is 0. The Hall–Kier alpha value is -2.10. The second kappa shape index (κ2) is 4.82. The maximum Gasteiger partial charge on any atom is 0.326 e. The predicted octanol–water partition coefficient (Wildman–Crippen LogP) is 2.03. The second-order valence-corrected chi connectivity index (χ2v) is 3.90. The van der Waals surface area contributed by atoms with Gasteiger partial charge in [-0.05, 0) is 24.1 Å². The number of aromatic amines is 2. The Balaban J connectivity index is 2.50. The molecule has 4 nitrogen and oxygen atoms in total. The van der Waals surface area contributed by atoms with E-state index in [1.807, 2.05) is 12.1 Å². The SMILES string of the molecule is CCCC=Cc1ccc2c(=O)[nH]c(=O)[nH]c2c1. The summed E-state index contributed by atoms with van der Waals surface area (Å²) in [4.78, 5) is 27.4. The topological polar surface area (TPSA) is 65.7 Å². The third-order valence-electron chi connectivity index (χ3n) is 2.53. The van der Waals surface area contributed by atoms with E-state index in [4.69, 9.17) is 0 Å². The van der Waals surface area contributed by atoms with Gasteiger partial charge in [-0.25, -0.2) is 4.79 Å². The summed E-state index contributed by atoms with van der Waals surface area (Å²) in [5.74, 6) is 0. The van der Waals surface area contributed by atoms with Crippen molar-refractivity contribution in [1.29, 1.82) is 0 Å². The van der Waals surface area contributed by atoms with E-state index in [1.54, 1.807) is 12.1 Å². The van der Waals surface area contributed by atoms with Gasteiger partial charge in [0.1, 0.15) is 0 Å². The highest BCUT2D eigenvalue weighted by Gasteiger charge is 2.00. The molecule has 0 aliphatic heterocycles. The molecule has 0 aliphatic carbocycles. The lowest BCUT2D eigenvalue weighted by molar-refractivity contribution is 0.962. The van der Waals surface area contributed by atoms with E-state index in [2.05, 4.69) is 23.0 Å². The van der Waals surface area contributed by atoms with Crippen LogP contribution in [0.2, 0.25) is 0 Å². The number of H-pyrrole nitrogens is 2. The highest BCUT2D eigenvalue weighted by Crippen LogP contribution is 2.10. The molecule has 0 atom stereocenters. The van der Waals surface area contributed by atoms with Gasteiger partial charge in [-0.15, -0.1) is 0 Å². The van der Waals surface area contributed by atoms with Gasteiger partial charge in [0.25, 0.3) is 5.56 Å². The van der Waals surface area contributed by atoms with Gasteiger partial charge in [0.05, 0.1) is 10.9 Å². The van der Waals surface area contributed by atoms with Crippen molar-refractivity contribution < 1.29 is 0 Å². The Morgan fingerprint density at radius 2 is 2.06 bits per heavy atom. The van der Waals surface area contributed by atoms with Crippen molar-refractivity contribution in [2.75, 3.05) is 0 Å². The largest absolute Gasteiger partial charge is 0.326 e. The van der Waals surface area contributed by atoms with E-state index in [0.717, 1.165) is 18.4 Å². The molecule has 0 saturated heterocycles. The van der Waals surface area contributed by atoms with Gasteiger partial charge in [0.15, 0.2) is 0 Å². The fourth-order valence-electron chi connectivity index (χ4n) is 1.68. The smallest absolute Gasteiger partial charge is 0.307 e. The van der Waals surface area contributed by atoms with Gasteiger partial charge >= 0.3 is 5.69 Å². The molecule has 2 N–H and O–H groups in total. The highest BCUT2D eigenvalue weighted by molar-refractivity contribution is 5.79. The second-order valence-electron chi connectivity index (χ2n) is 3.90. The van der Waals surface area contributed by atoms with Crippen LogP contribution in [0.5, 0.6) is 0 Å². The molecule has 2 aromatic rings. The molecule has 0 spiro atoms. The van der Waals surface area contributed by atoms with Gasteiger partial charge in [0.2, 0.25) is 0 Å². The van der Waals surface area contributed by atoms with Crippen LogP contribution in [0, 0.1) is 0 Å². The zero-order valence-electron chi connectivity index (χ0n) is 9.62. The first kappa shape index (κ1) is 11.4. The summed E-state index contributed by atoms with van der Waals surface area (Å²) in [7, 11) is 0. The molecule has 4 heteroatoms. The Kier molecular flexibility index (Phi) is 3.23. The molecule has 88 valence electrons. The zero-order valence-corrected chi connectivity index (χ0v) is 9.62. The molecule has 0 saturated carbocycles. The van der Waals surface area contributed by atoms with E-state index in [1.165, 1.54) is 0 Å². The third kappa shape index (κ3) is 2.53. The first-order valence-corrected chi connectivity index (χ1v) is 5.63. The van der Waals surface area contributed by atoms with Gasteiger partial charge in [-0.3, -0.25) is 9.78 Å². The molecule has 1 aromatic heterocycles. The summed E-state index contributed by atoms with van der Waals surface area (Å²) in [6, 6.07) is 5.38. The number of aromatic nitrogens is 2. The molecule has 17 heavy (non-hydrogen) atoms. The van der Waals surface area contributed by atoms with Gasteiger partial charge in [-0.2, -0.15) is 0 Å². The number of fused-ring (bicyclic) bond motifs is 1. The van der Waals surface area contributed by atoms with Crippen LogP contribution in [0.1, 0.15) is 25.3 Å². The van der Waals surface area contributed by atoms with Crippen LogP contribution in [0.4, 0.5) is 0 Å². The molecule has 0 aliphatic rings. The van der Waals surface area contributed by atoms with Crippen molar-refractivity contribution >= 4 is 17.0 Å². The van der Waals surface area contributed by atoms with Crippen molar-refractivity contribution in [1.82, 2.24) is 9.97 Å². The van der Waals surface area contributed by atoms with Crippen molar-refractivity contribution in [3.8, 4) is 0 Å². The third-order valence-corrected chi connectivity index (χ3v) is 2.53. The van der Waals surface area contributed by atoms with Crippen molar-refractivity contribution in [3.05, 3.63) is 50.7 Å². The first-order valence-electron chi connectivity index (χ1n) is 5.63. The molecule has 2 rings (SSSR count). The predicted molar refractivity (Wildman–Crippen MR) is 69.1 cm³/mol. The van der Waals surface area contributed by atoms with E-state index < -0.39 is 5.69 Å². The summed E-state index contributed by atoms with van der Waals surface area (Å²) in [5.41, 5.74) is 0.717. The lowest BCUT2D eigenvalue weighted by Crippen LogP contribution is -2.21. The average Bonchev–Trinajstić information content (AvgIpc) is 2.28. The molecular weight excluding hydrogens is 216 g/mol. The average molecular weight is 230 g/mol. The molecule has 0 radical (unpaired) electrons. The monoisotopic (exact) mass is 230 g/mol. The Bertz CT molecular complexity index is 665. The summed E-state index contributed by atoms with van der Waals surface area (Å²) in [6.07, 6.45) is 6.18. The van der Waals surface area contributed by atoms with Crippen molar-refractivity contribution in [2.24, 2.45) is 0 Å². The van der Waals surface area contributed by atoms with Gasteiger partial charge in [0, 0.05) is 0 Å². The molecule has 0 bridgehead atoms. The van der Waals surface area contributed by atoms with Crippen LogP contribution in [0.25, 0.3) is 17.0 Å². The molecule has 1 heterocycles. The van der Waals surface area contributed by atoms with Crippen LogP contribution in [-0.2, 0) is 0 Å². The van der Waals surface area contributed by atoms with Crippen molar-refractivity contribution in [2.45, 2.75) is 19.8 Å². The summed E-state index contributed by atoms with van der Waals surface area (Å²) in [6.45, 7) is 2.11. The summed E-state index contributed by atoms with van der Waals surface area (Å²) in [5, 5.41) is 0.497. The van der Waals surface area contributed by atoms with E-state index >= 15 is 0 Å². The molecule has 0 fully saturated rings. The number of allylic oxidation sites excluding steroid dienone is 1. The normalized spacial score (nSPS) is 11.4. The Morgan fingerprint density at radius 3 is 2.82 bits per heavy atom. The molecule has 1 aromatic carbocycles. The first-order chi connectivity index (χ1) is 8.20. The Morgan fingerprint density at radius 1 is 1.24 bits per heavy atom. The van der Waals surface area contributed by atoms with Crippen LogP contribution >= 0.6 is 0 Å². The number of nitrogens with one attached hydrogen (secondary N) is 2.